The Balaban J connectivity index is 1.29. The Morgan fingerprint density at radius 2 is 2.12 bits per heavy atom. The van der Waals surface area contributed by atoms with Gasteiger partial charge in [0.25, 0.3) is 0 Å². The largest absolute Gasteiger partial charge is 0.389 e. The zero-order valence-corrected chi connectivity index (χ0v) is 14.6. The number of ether oxygens (including phenoxy) is 2. The third kappa shape index (κ3) is 5.26. The third-order valence-corrected chi connectivity index (χ3v) is 4.86. The van der Waals surface area contributed by atoms with Gasteiger partial charge in [0.05, 0.1) is 32.0 Å². The van der Waals surface area contributed by atoms with Gasteiger partial charge in [-0.2, -0.15) is 0 Å². The van der Waals surface area contributed by atoms with Crippen molar-refractivity contribution in [1.29, 1.82) is 0 Å². The number of aromatic nitrogens is 2. The number of piperazine rings is 1. The molecule has 0 bridgehead atoms. The molecule has 7 nitrogen and oxygen atoms in total. The minimum atomic E-state index is -0.424. The van der Waals surface area contributed by atoms with Gasteiger partial charge < -0.3 is 19.1 Å². The van der Waals surface area contributed by atoms with Crippen molar-refractivity contribution in [3.05, 3.63) is 18.2 Å². The van der Waals surface area contributed by atoms with E-state index in [1.54, 1.807) is 0 Å². The van der Waals surface area contributed by atoms with Gasteiger partial charge in [0, 0.05) is 58.8 Å². The highest BCUT2D eigenvalue weighted by molar-refractivity contribution is 4.91. The van der Waals surface area contributed by atoms with E-state index in [2.05, 4.69) is 19.4 Å². The minimum absolute atomic E-state index is 0.229. The van der Waals surface area contributed by atoms with Gasteiger partial charge in [-0.05, 0) is 12.8 Å². The highest BCUT2D eigenvalue weighted by Crippen LogP contribution is 2.12. The van der Waals surface area contributed by atoms with Gasteiger partial charge in [-0.15, -0.1) is 0 Å². The number of aliphatic hydroxyl groups is 1. The van der Waals surface area contributed by atoms with Crippen molar-refractivity contribution < 1.29 is 14.6 Å². The maximum Gasteiger partial charge on any atom is 0.122 e. The molecular weight excluding hydrogens is 308 g/mol. The maximum absolute atomic E-state index is 10.2. The monoisotopic (exact) mass is 338 g/mol. The van der Waals surface area contributed by atoms with Gasteiger partial charge in [-0.25, -0.2) is 4.98 Å². The fourth-order valence-corrected chi connectivity index (χ4v) is 3.34. The Kier molecular flexibility index (Phi) is 6.62. The first-order valence-electron chi connectivity index (χ1n) is 8.99. The van der Waals surface area contributed by atoms with Crippen LogP contribution in [0.5, 0.6) is 0 Å². The van der Waals surface area contributed by atoms with E-state index in [9.17, 15) is 5.11 Å². The number of rotatable bonds is 8. The summed E-state index contributed by atoms with van der Waals surface area (Å²) in [5, 5.41) is 10.2. The number of hydrogen-bond acceptors (Lipinski definition) is 6. The van der Waals surface area contributed by atoms with E-state index in [0.717, 1.165) is 58.0 Å². The molecule has 2 aliphatic heterocycles. The number of aryl methyl sites for hydroxylation is 1. The van der Waals surface area contributed by atoms with Crippen molar-refractivity contribution in [2.24, 2.45) is 7.05 Å². The molecule has 24 heavy (non-hydrogen) atoms. The second-order valence-electron chi connectivity index (χ2n) is 6.86. The van der Waals surface area contributed by atoms with E-state index < -0.39 is 6.10 Å². The van der Waals surface area contributed by atoms with Crippen LogP contribution >= 0.6 is 0 Å². The first kappa shape index (κ1) is 17.8. The lowest BCUT2D eigenvalue weighted by molar-refractivity contribution is -0.0288. The molecule has 0 saturated carbocycles. The molecule has 2 fully saturated rings. The molecule has 0 unspecified atom stereocenters. The molecular formula is C17H30N4O3. The van der Waals surface area contributed by atoms with Gasteiger partial charge in [0.15, 0.2) is 0 Å². The van der Waals surface area contributed by atoms with Crippen LogP contribution in [0.4, 0.5) is 0 Å². The zero-order chi connectivity index (χ0) is 16.8. The smallest absolute Gasteiger partial charge is 0.122 e. The predicted molar refractivity (Wildman–Crippen MR) is 90.7 cm³/mol. The first-order valence-corrected chi connectivity index (χ1v) is 8.99. The van der Waals surface area contributed by atoms with Crippen LogP contribution in [0.3, 0.4) is 0 Å². The molecule has 3 heterocycles. The summed E-state index contributed by atoms with van der Waals surface area (Å²) in [4.78, 5) is 9.11. The van der Waals surface area contributed by atoms with Crippen molar-refractivity contribution >= 4 is 0 Å². The summed E-state index contributed by atoms with van der Waals surface area (Å²) in [6.07, 6.45) is 5.84. The average molecular weight is 338 g/mol. The van der Waals surface area contributed by atoms with Crippen molar-refractivity contribution in [2.75, 3.05) is 52.5 Å². The summed E-state index contributed by atoms with van der Waals surface area (Å²) in [6, 6.07) is 0. The first-order chi connectivity index (χ1) is 11.7. The Morgan fingerprint density at radius 1 is 1.33 bits per heavy atom. The molecule has 0 radical (unpaired) electrons. The number of hydrogen-bond donors (Lipinski definition) is 1. The lowest BCUT2D eigenvalue weighted by Gasteiger charge is -2.35. The Morgan fingerprint density at radius 3 is 2.79 bits per heavy atom. The zero-order valence-electron chi connectivity index (χ0n) is 14.6. The standard InChI is InChI=1S/C17H30N4O3/c1-19-5-4-18-17(19)12-21-8-6-20(7-9-21)11-15(22)13-23-14-16-3-2-10-24-16/h4-5,15-16,22H,2-3,6-14H2,1H3/t15-,16+/m0/s1. The lowest BCUT2D eigenvalue weighted by atomic mass is 10.2. The molecule has 2 atom stereocenters. The normalized spacial score (nSPS) is 24.5. The molecule has 1 aromatic rings. The van der Waals surface area contributed by atoms with Gasteiger partial charge in [0.2, 0.25) is 0 Å². The molecule has 3 rings (SSSR count). The van der Waals surface area contributed by atoms with Crippen LogP contribution < -0.4 is 0 Å². The van der Waals surface area contributed by atoms with Crippen LogP contribution in [0.2, 0.25) is 0 Å². The molecule has 1 N–H and O–H groups in total. The van der Waals surface area contributed by atoms with E-state index in [1.165, 1.54) is 0 Å². The minimum Gasteiger partial charge on any atom is -0.389 e. The molecule has 0 aromatic carbocycles. The molecule has 2 saturated heterocycles. The fraction of sp³-hybridized carbons (Fsp3) is 0.824. The second-order valence-corrected chi connectivity index (χ2v) is 6.86. The summed E-state index contributed by atoms with van der Waals surface area (Å²) >= 11 is 0. The van der Waals surface area contributed by atoms with E-state index in [0.29, 0.717) is 19.8 Å². The van der Waals surface area contributed by atoms with Crippen LogP contribution in [-0.2, 0) is 23.1 Å². The SMILES string of the molecule is Cn1ccnc1CN1CCN(C[C@H](O)COC[C@H]2CCCO2)CC1. The summed E-state index contributed by atoms with van der Waals surface area (Å²) in [5.74, 6) is 1.10. The molecule has 0 amide bonds. The quantitative estimate of drug-likeness (QED) is 0.725. The van der Waals surface area contributed by atoms with Gasteiger partial charge in [-0.1, -0.05) is 0 Å². The summed E-state index contributed by atoms with van der Waals surface area (Å²) in [6.45, 7) is 7.40. The van der Waals surface area contributed by atoms with Crippen molar-refractivity contribution in [3.8, 4) is 0 Å². The molecule has 1 aromatic heterocycles. The molecule has 2 aliphatic rings. The number of aliphatic hydroxyl groups excluding tert-OH is 1. The highest BCUT2D eigenvalue weighted by atomic mass is 16.5. The van der Waals surface area contributed by atoms with E-state index in [4.69, 9.17) is 9.47 Å². The van der Waals surface area contributed by atoms with Crippen LogP contribution in [0.1, 0.15) is 18.7 Å². The Bertz CT molecular complexity index is 482. The van der Waals surface area contributed by atoms with Crippen LogP contribution in [0.25, 0.3) is 0 Å². The van der Waals surface area contributed by atoms with Crippen molar-refractivity contribution in [3.63, 3.8) is 0 Å². The third-order valence-electron chi connectivity index (χ3n) is 4.86. The van der Waals surface area contributed by atoms with Crippen molar-refractivity contribution in [2.45, 2.75) is 31.6 Å². The number of imidazole rings is 1. The van der Waals surface area contributed by atoms with Crippen LogP contribution in [0.15, 0.2) is 12.4 Å². The Labute approximate surface area is 144 Å². The molecule has 7 heteroatoms. The predicted octanol–water partition coefficient (Wildman–Crippen LogP) is 0.0942. The van der Waals surface area contributed by atoms with Crippen LogP contribution in [0, 0.1) is 0 Å². The summed E-state index contributed by atoms with van der Waals surface area (Å²) < 4.78 is 13.2. The topological polar surface area (TPSA) is 63.0 Å². The van der Waals surface area contributed by atoms with Gasteiger partial charge in [-0.3, -0.25) is 9.80 Å². The average Bonchev–Trinajstić information content (AvgIpc) is 3.22. The molecule has 0 aliphatic carbocycles. The summed E-state index contributed by atoms with van der Waals surface area (Å²) in [5.41, 5.74) is 0. The Hall–Kier alpha value is -0.990. The lowest BCUT2D eigenvalue weighted by Crippen LogP contribution is -2.48. The number of nitrogens with zero attached hydrogens (tertiary/aromatic N) is 4. The van der Waals surface area contributed by atoms with Crippen molar-refractivity contribution in [1.82, 2.24) is 19.4 Å². The van der Waals surface area contributed by atoms with E-state index in [-0.39, 0.29) is 6.10 Å². The van der Waals surface area contributed by atoms with E-state index >= 15 is 0 Å². The second kappa shape index (κ2) is 8.92. The maximum atomic E-state index is 10.2. The highest BCUT2D eigenvalue weighted by Gasteiger charge is 2.21. The van der Waals surface area contributed by atoms with Crippen LogP contribution in [-0.4, -0.2) is 89.2 Å². The molecule has 136 valence electrons. The van der Waals surface area contributed by atoms with E-state index in [1.807, 2.05) is 19.4 Å². The number of β-amino-alcohol motifs (C(OH)–C–C–N with tert-alkyl or cyclic N) is 1. The van der Waals surface area contributed by atoms with Gasteiger partial charge >= 0.3 is 0 Å². The van der Waals surface area contributed by atoms with Gasteiger partial charge in [0.1, 0.15) is 5.82 Å². The molecule has 0 spiro atoms. The fourth-order valence-electron chi connectivity index (χ4n) is 3.34. The summed E-state index contributed by atoms with van der Waals surface area (Å²) in [7, 11) is 2.03.